The fourth-order valence-electron chi connectivity index (χ4n) is 7.04. The normalized spacial score (nSPS) is 23.2. The third-order valence-electron chi connectivity index (χ3n) is 9.47. The van der Waals surface area contributed by atoms with Gasteiger partial charge in [0.25, 0.3) is 0 Å². The molecule has 0 radical (unpaired) electrons. The lowest BCUT2D eigenvalue weighted by atomic mass is 9.85. The molecule has 0 saturated heterocycles. The predicted molar refractivity (Wildman–Crippen MR) is 158 cm³/mol. The van der Waals surface area contributed by atoms with E-state index in [1.165, 1.54) is 0 Å². The lowest BCUT2D eigenvalue weighted by Gasteiger charge is -2.31. The molecule has 3 aliphatic heterocycles. The van der Waals surface area contributed by atoms with Gasteiger partial charge in [0.1, 0.15) is 0 Å². The number of H-pyrrole nitrogens is 2. The minimum Gasteiger partial charge on any atom is -0.417 e. The molecule has 0 aromatic carbocycles. The third-order valence-corrected chi connectivity index (χ3v) is 9.47. The average molecular weight is 549 g/mol. The molecule has 41 heavy (non-hydrogen) atoms. The second kappa shape index (κ2) is 8.60. The molecule has 8 nitrogen and oxygen atoms in total. The van der Waals surface area contributed by atoms with Crippen molar-refractivity contribution in [3.63, 3.8) is 0 Å². The van der Waals surface area contributed by atoms with E-state index in [1.807, 2.05) is 25.1 Å². The maximum Gasteiger partial charge on any atom is 0.343 e. The molecule has 1 aliphatic carbocycles. The first-order valence-electron chi connectivity index (χ1n) is 14.2. The van der Waals surface area contributed by atoms with Crippen molar-refractivity contribution in [2.75, 3.05) is 0 Å². The second-order valence-electron chi connectivity index (χ2n) is 11.6. The van der Waals surface area contributed by atoms with Crippen molar-refractivity contribution < 1.29 is 19.4 Å². The maximum atomic E-state index is 13.4. The van der Waals surface area contributed by atoms with Crippen molar-refractivity contribution >= 4 is 51.0 Å². The molecule has 0 spiro atoms. The van der Waals surface area contributed by atoms with Gasteiger partial charge in [-0.2, -0.15) is 0 Å². The number of aryl methyl sites for hydroxylation is 3. The summed E-state index contributed by atoms with van der Waals surface area (Å²) in [4.78, 5) is 43.8. The van der Waals surface area contributed by atoms with Gasteiger partial charge in [-0.1, -0.05) is 26.5 Å². The summed E-state index contributed by atoms with van der Waals surface area (Å²) in [6.45, 7) is 14.3. The van der Waals surface area contributed by atoms with Crippen LogP contribution in [-0.4, -0.2) is 36.8 Å². The molecule has 1 unspecified atom stereocenters. The molecule has 7 rings (SSSR count). The molecular formula is C33H32N4O4. The van der Waals surface area contributed by atoms with Crippen molar-refractivity contribution in [1.82, 2.24) is 19.9 Å². The van der Waals surface area contributed by atoms with Gasteiger partial charge in [0.15, 0.2) is 0 Å². The number of aliphatic hydroxyl groups is 1. The Balaban J connectivity index is 1.73. The van der Waals surface area contributed by atoms with E-state index >= 15 is 0 Å². The molecule has 8 bridgehead atoms. The highest BCUT2D eigenvalue weighted by atomic mass is 16.7. The Labute approximate surface area is 237 Å². The Morgan fingerprint density at radius 2 is 1.80 bits per heavy atom. The summed E-state index contributed by atoms with van der Waals surface area (Å²) in [5.74, 6) is -3.89. The smallest absolute Gasteiger partial charge is 0.343 e. The van der Waals surface area contributed by atoms with E-state index in [1.54, 1.807) is 0 Å². The minimum absolute atomic E-state index is 0.0336. The van der Waals surface area contributed by atoms with Gasteiger partial charge in [0.2, 0.25) is 5.78 Å². The van der Waals surface area contributed by atoms with E-state index in [2.05, 4.69) is 50.3 Å². The number of hydrogen-bond acceptors (Lipinski definition) is 6. The molecule has 0 fully saturated rings. The first-order valence-corrected chi connectivity index (χ1v) is 14.2. The topological polar surface area (TPSA) is 121 Å². The number of nitrogens with zero attached hydrogens (tertiary/aromatic N) is 2. The van der Waals surface area contributed by atoms with E-state index in [9.17, 15) is 14.7 Å². The van der Waals surface area contributed by atoms with Crippen molar-refractivity contribution in [3.05, 3.63) is 75.4 Å². The van der Waals surface area contributed by atoms with E-state index in [4.69, 9.17) is 14.7 Å². The molecule has 4 aliphatic rings. The number of ether oxygens (including phenoxy) is 1. The SMILES string of the molecule is C=Cc1c(C)c2cc3nc4c5c6nc(cc7[nH]c(cc1[nH]2)c(C)c7CC)C(C)=C6C(=O)OC5(O)C(=O)CC[C@H]4[C@@H]3C. The number of Topliss-reactive ketones (excluding diaryl/α,β-unsaturated/α-hetero) is 1. The summed E-state index contributed by atoms with van der Waals surface area (Å²) in [5.41, 5.74) is 11.4. The van der Waals surface area contributed by atoms with E-state index in [0.717, 1.165) is 56.4 Å². The monoisotopic (exact) mass is 548 g/mol. The fourth-order valence-corrected chi connectivity index (χ4v) is 7.04. The van der Waals surface area contributed by atoms with Crippen LogP contribution in [0.1, 0.15) is 96.0 Å². The molecule has 3 aromatic heterocycles. The lowest BCUT2D eigenvalue weighted by Crippen LogP contribution is -2.44. The zero-order valence-electron chi connectivity index (χ0n) is 23.9. The van der Waals surface area contributed by atoms with Crippen molar-refractivity contribution in [1.29, 1.82) is 0 Å². The number of nitrogens with one attached hydrogen (secondary N) is 2. The number of rotatable bonds is 2. The standard InChI is InChI=1S/C33H32N4O4/c1-7-18-14(3)21-11-23-16(5)20-9-10-27(38)33(40)29(30(20)36-23)31-28(32(39)41-33)17(6)24(37-31)13-26-19(8-2)15(4)22(35-26)12-25(18)34-21/h7,11-13,16,20,34-35,40H,1,8-10H2,2-6H3/t16-,20-,33?/m0/s1. The van der Waals surface area contributed by atoms with Crippen molar-refractivity contribution in [2.45, 2.75) is 71.5 Å². The number of carbonyl (C=O) groups is 2. The molecule has 0 amide bonds. The van der Waals surface area contributed by atoms with Gasteiger partial charge in [-0.15, -0.1) is 0 Å². The van der Waals surface area contributed by atoms with Crippen LogP contribution in [0.5, 0.6) is 0 Å². The zero-order valence-corrected chi connectivity index (χ0v) is 23.9. The Bertz CT molecular complexity index is 1940. The van der Waals surface area contributed by atoms with Gasteiger partial charge in [-0.3, -0.25) is 9.78 Å². The summed E-state index contributed by atoms with van der Waals surface area (Å²) in [6.07, 6.45) is 3.21. The summed E-state index contributed by atoms with van der Waals surface area (Å²) >= 11 is 0. The summed E-state index contributed by atoms with van der Waals surface area (Å²) in [5, 5.41) is 11.8. The summed E-state index contributed by atoms with van der Waals surface area (Å²) in [6, 6.07) is 6.10. The number of esters is 1. The molecule has 3 atom stereocenters. The van der Waals surface area contributed by atoms with Crippen LogP contribution in [0.15, 0.2) is 24.8 Å². The summed E-state index contributed by atoms with van der Waals surface area (Å²) < 4.78 is 5.60. The fraction of sp³-hybridized carbons (Fsp3) is 0.333. The van der Waals surface area contributed by atoms with Gasteiger partial charge < -0.3 is 19.8 Å². The number of allylic oxidation sites excluding steroid dienone is 1. The van der Waals surface area contributed by atoms with Crippen LogP contribution >= 0.6 is 0 Å². The molecular weight excluding hydrogens is 516 g/mol. The minimum atomic E-state index is -2.42. The predicted octanol–water partition coefficient (Wildman–Crippen LogP) is 6.02. The van der Waals surface area contributed by atoms with E-state index in [0.29, 0.717) is 23.4 Å². The van der Waals surface area contributed by atoms with E-state index in [-0.39, 0.29) is 35.1 Å². The number of ketones is 1. The van der Waals surface area contributed by atoms with Crippen LogP contribution in [0.2, 0.25) is 0 Å². The van der Waals surface area contributed by atoms with Crippen LogP contribution in [0.3, 0.4) is 0 Å². The van der Waals surface area contributed by atoms with Gasteiger partial charge in [0.05, 0.1) is 28.2 Å². The zero-order chi connectivity index (χ0) is 29.0. The van der Waals surface area contributed by atoms with Crippen LogP contribution in [0, 0.1) is 13.8 Å². The van der Waals surface area contributed by atoms with Crippen LogP contribution < -0.4 is 0 Å². The average Bonchev–Trinajstić information content (AvgIpc) is 3.58. The summed E-state index contributed by atoms with van der Waals surface area (Å²) in [7, 11) is 0. The highest BCUT2D eigenvalue weighted by Gasteiger charge is 2.55. The van der Waals surface area contributed by atoms with Crippen LogP contribution in [-0.2, 0) is 26.5 Å². The largest absolute Gasteiger partial charge is 0.417 e. The molecule has 6 heterocycles. The molecule has 208 valence electrons. The van der Waals surface area contributed by atoms with Gasteiger partial charge in [0, 0.05) is 51.6 Å². The Morgan fingerprint density at radius 3 is 2.54 bits per heavy atom. The first-order chi connectivity index (χ1) is 19.6. The Morgan fingerprint density at radius 1 is 1.07 bits per heavy atom. The second-order valence-corrected chi connectivity index (χ2v) is 11.6. The molecule has 3 N–H and O–H groups in total. The van der Waals surface area contributed by atoms with Gasteiger partial charge >= 0.3 is 11.8 Å². The third kappa shape index (κ3) is 3.37. The van der Waals surface area contributed by atoms with Crippen LogP contribution in [0.25, 0.3) is 39.3 Å². The highest BCUT2D eigenvalue weighted by Crippen LogP contribution is 2.51. The Kier molecular flexibility index (Phi) is 5.38. The van der Waals surface area contributed by atoms with Gasteiger partial charge in [-0.25, -0.2) is 9.78 Å². The van der Waals surface area contributed by atoms with Crippen LogP contribution in [0.4, 0.5) is 0 Å². The number of aromatic amines is 2. The quantitative estimate of drug-likeness (QED) is 0.337. The molecule has 8 heteroatoms. The number of carbonyl (C=O) groups excluding carboxylic acids is 2. The number of fused-ring (bicyclic) bond motifs is 6. The lowest BCUT2D eigenvalue weighted by molar-refractivity contribution is -0.211. The Hall–Kier alpha value is -4.30. The van der Waals surface area contributed by atoms with Gasteiger partial charge in [-0.05, 0) is 74.1 Å². The number of aromatic nitrogens is 4. The highest BCUT2D eigenvalue weighted by molar-refractivity contribution is 6.27. The maximum absolute atomic E-state index is 13.4. The van der Waals surface area contributed by atoms with Crippen molar-refractivity contribution in [2.24, 2.45) is 0 Å². The number of hydrogen-bond donors (Lipinski definition) is 3. The molecule has 3 aromatic rings. The van der Waals surface area contributed by atoms with E-state index < -0.39 is 17.5 Å². The first kappa shape index (κ1) is 25.7. The molecule has 0 saturated carbocycles. The van der Waals surface area contributed by atoms with Crippen molar-refractivity contribution in [3.8, 4) is 0 Å².